The maximum absolute atomic E-state index is 12.6. The average Bonchev–Trinajstić information content (AvgIpc) is 2.85. The Balaban J connectivity index is 1.22. The fourth-order valence-corrected chi connectivity index (χ4v) is 4.33. The molecular weight excluding hydrogens is 410 g/mol. The number of carbonyl (C=O) groups is 1. The maximum atomic E-state index is 12.6. The van der Waals surface area contributed by atoms with Crippen LogP contribution in [0.5, 0.6) is 0 Å². The Morgan fingerprint density at radius 1 is 0.879 bits per heavy atom. The Kier molecular flexibility index (Phi) is 8.12. The third-order valence-corrected chi connectivity index (χ3v) is 6.23. The highest BCUT2D eigenvalue weighted by Crippen LogP contribution is 2.28. The van der Waals surface area contributed by atoms with Gasteiger partial charge in [0.25, 0.3) is 0 Å². The van der Waals surface area contributed by atoms with Gasteiger partial charge in [-0.3, -0.25) is 5.32 Å². The predicted octanol–water partition coefficient (Wildman–Crippen LogP) is 5.11. The van der Waals surface area contributed by atoms with Crippen molar-refractivity contribution in [2.75, 3.05) is 31.5 Å². The molecular formula is C28H33N3O2. The van der Waals surface area contributed by atoms with Crippen molar-refractivity contribution >= 4 is 11.8 Å². The largest absolute Gasteiger partial charge is 0.446 e. The second kappa shape index (κ2) is 11.6. The van der Waals surface area contributed by atoms with Gasteiger partial charge in [-0.05, 0) is 55.0 Å². The van der Waals surface area contributed by atoms with Gasteiger partial charge in [0.1, 0.15) is 6.10 Å². The molecule has 3 aromatic carbocycles. The highest BCUT2D eigenvalue weighted by molar-refractivity contribution is 5.91. The first kappa shape index (κ1) is 23.0. The lowest BCUT2D eigenvalue weighted by Gasteiger charge is -2.31. The van der Waals surface area contributed by atoms with E-state index in [-0.39, 0.29) is 12.2 Å². The van der Waals surface area contributed by atoms with Crippen LogP contribution in [0.3, 0.4) is 0 Å². The molecule has 0 spiro atoms. The maximum Gasteiger partial charge on any atom is 0.411 e. The van der Waals surface area contributed by atoms with Crippen molar-refractivity contribution in [1.29, 1.82) is 0 Å². The van der Waals surface area contributed by atoms with Crippen LogP contribution in [0.25, 0.3) is 11.1 Å². The summed E-state index contributed by atoms with van der Waals surface area (Å²) >= 11 is 0. The van der Waals surface area contributed by atoms with E-state index in [1.54, 1.807) is 0 Å². The van der Waals surface area contributed by atoms with Gasteiger partial charge in [0.05, 0.1) is 5.69 Å². The number of nitrogens with zero attached hydrogens (tertiary/aromatic N) is 1. The number of carbonyl (C=O) groups excluding carboxylic acids is 1. The number of likely N-dealkylation sites (tertiary alicyclic amines) is 1. The molecule has 3 N–H and O–H groups in total. The van der Waals surface area contributed by atoms with Crippen LogP contribution >= 0.6 is 0 Å². The fourth-order valence-electron chi connectivity index (χ4n) is 4.33. The van der Waals surface area contributed by atoms with E-state index in [0.29, 0.717) is 6.54 Å². The van der Waals surface area contributed by atoms with Crippen molar-refractivity contribution in [3.63, 3.8) is 0 Å². The number of hydrogen-bond acceptors (Lipinski definition) is 4. The molecule has 0 bridgehead atoms. The lowest BCUT2D eigenvalue weighted by atomic mass is 10.0. The van der Waals surface area contributed by atoms with E-state index < -0.39 is 0 Å². The molecule has 33 heavy (non-hydrogen) atoms. The molecule has 5 nitrogen and oxygen atoms in total. The smallest absolute Gasteiger partial charge is 0.411 e. The van der Waals surface area contributed by atoms with Crippen molar-refractivity contribution in [3.8, 4) is 11.1 Å². The molecule has 1 aliphatic heterocycles. The first-order chi connectivity index (χ1) is 16.2. The van der Waals surface area contributed by atoms with Crippen LogP contribution in [0.2, 0.25) is 0 Å². The third-order valence-electron chi connectivity index (χ3n) is 6.23. The number of hydrogen-bond donors (Lipinski definition) is 2. The van der Waals surface area contributed by atoms with E-state index in [9.17, 15) is 4.79 Å². The van der Waals surface area contributed by atoms with Gasteiger partial charge in [0.15, 0.2) is 0 Å². The molecule has 0 radical (unpaired) electrons. The molecule has 1 aliphatic rings. The summed E-state index contributed by atoms with van der Waals surface area (Å²) in [6.45, 7) is 3.61. The van der Waals surface area contributed by atoms with E-state index in [4.69, 9.17) is 10.5 Å². The summed E-state index contributed by atoms with van der Waals surface area (Å²) in [4.78, 5) is 15.0. The number of rotatable bonds is 8. The number of nitrogens with one attached hydrogen (secondary N) is 1. The lowest BCUT2D eigenvalue weighted by Crippen LogP contribution is -2.39. The third kappa shape index (κ3) is 6.67. The van der Waals surface area contributed by atoms with Crippen LogP contribution < -0.4 is 11.1 Å². The van der Waals surface area contributed by atoms with Gasteiger partial charge in [-0.15, -0.1) is 0 Å². The quantitative estimate of drug-likeness (QED) is 0.508. The van der Waals surface area contributed by atoms with Gasteiger partial charge in [0.2, 0.25) is 0 Å². The number of nitrogens with two attached hydrogens (primary N) is 1. The molecule has 3 aromatic rings. The first-order valence-electron chi connectivity index (χ1n) is 11.8. The Labute approximate surface area is 196 Å². The second-order valence-corrected chi connectivity index (χ2v) is 8.59. The van der Waals surface area contributed by atoms with Gasteiger partial charge in [-0.1, -0.05) is 72.8 Å². The number of piperidine rings is 1. The highest BCUT2D eigenvalue weighted by atomic mass is 16.6. The van der Waals surface area contributed by atoms with Crippen molar-refractivity contribution in [2.45, 2.75) is 31.8 Å². The van der Waals surface area contributed by atoms with Crippen molar-refractivity contribution in [1.82, 2.24) is 4.90 Å². The van der Waals surface area contributed by atoms with Crippen molar-refractivity contribution < 1.29 is 9.53 Å². The standard InChI is InChI=1S/C28H33N3O2/c29-18-14-22-10-12-23(13-11-22)15-19-31-20-16-25(17-21-31)33-28(32)30-27-9-5-4-8-26(27)24-6-2-1-3-7-24/h1-13,25H,14-21,29H2,(H,30,32). The molecule has 1 amide bonds. The number of para-hydroxylation sites is 1. The number of amides is 1. The SMILES string of the molecule is NCCc1ccc(CCN2CCC(OC(=O)Nc3ccccc3-c3ccccc3)CC2)cc1. The van der Waals surface area contributed by atoms with Crippen molar-refractivity contribution in [3.05, 3.63) is 90.0 Å². The molecule has 1 heterocycles. The molecule has 0 aliphatic carbocycles. The van der Waals surface area contributed by atoms with Gasteiger partial charge in [-0.2, -0.15) is 0 Å². The van der Waals surface area contributed by atoms with E-state index in [0.717, 1.165) is 62.1 Å². The molecule has 1 saturated heterocycles. The van der Waals surface area contributed by atoms with Crippen LogP contribution in [0, 0.1) is 0 Å². The van der Waals surface area contributed by atoms with Crippen LogP contribution in [0.15, 0.2) is 78.9 Å². The zero-order valence-corrected chi connectivity index (χ0v) is 19.1. The topological polar surface area (TPSA) is 67.6 Å². The summed E-state index contributed by atoms with van der Waals surface area (Å²) in [6, 6.07) is 26.6. The zero-order valence-electron chi connectivity index (χ0n) is 19.1. The second-order valence-electron chi connectivity index (χ2n) is 8.59. The predicted molar refractivity (Wildman–Crippen MR) is 134 cm³/mol. The molecule has 1 fully saturated rings. The molecule has 172 valence electrons. The number of anilines is 1. The molecule has 4 rings (SSSR count). The summed E-state index contributed by atoms with van der Waals surface area (Å²) in [7, 11) is 0. The molecule has 0 saturated carbocycles. The fraction of sp³-hybridized carbons (Fsp3) is 0.321. The van der Waals surface area contributed by atoms with Gasteiger partial charge < -0.3 is 15.4 Å². The van der Waals surface area contributed by atoms with Crippen LogP contribution in [-0.2, 0) is 17.6 Å². The Morgan fingerprint density at radius 3 is 2.21 bits per heavy atom. The van der Waals surface area contributed by atoms with E-state index >= 15 is 0 Å². The Morgan fingerprint density at radius 2 is 1.52 bits per heavy atom. The monoisotopic (exact) mass is 443 g/mol. The molecule has 0 atom stereocenters. The summed E-state index contributed by atoms with van der Waals surface area (Å²) in [5.41, 5.74) is 11.1. The van der Waals surface area contributed by atoms with Gasteiger partial charge >= 0.3 is 6.09 Å². The summed E-state index contributed by atoms with van der Waals surface area (Å²) in [5.74, 6) is 0. The highest BCUT2D eigenvalue weighted by Gasteiger charge is 2.22. The van der Waals surface area contributed by atoms with Gasteiger partial charge in [-0.25, -0.2) is 4.79 Å². The summed E-state index contributed by atoms with van der Waals surface area (Å²) in [5, 5.41) is 2.95. The van der Waals surface area contributed by atoms with E-state index in [1.165, 1.54) is 11.1 Å². The zero-order chi connectivity index (χ0) is 22.9. The van der Waals surface area contributed by atoms with Crippen molar-refractivity contribution in [2.24, 2.45) is 5.73 Å². The molecule has 0 aromatic heterocycles. The average molecular weight is 444 g/mol. The molecule has 5 heteroatoms. The first-order valence-corrected chi connectivity index (χ1v) is 11.8. The summed E-state index contributed by atoms with van der Waals surface area (Å²) < 4.78 is 5.75. The van der Waals surface area contributed by atoms with Crippen LogP contribution in [0.1, 0.15) is 24.0 Å². The van der Waals surface area contributed by atoms with E-state index in [1.807, 2.05) is 54.6 Å². The summed E-state index contributed by atoms with van der Waals surface area (Å²) in [6.07, 6.45) is 3.27. The lowest BCUT2D eigenvalue weighted by molar-refractivity contribution is 0.0593. The normalized spacial score (nSPS) is 14.7. The minimum Gasteiger partial charge on any atom is -0.446 e. The van der Waals surface area contributed by atoms with E-state index in [2.05, 4.69) is 34.5 Å². The minimum atomic E-state index is -0.380. The molecule has 0 unspecified atom stereocenters. The number of benzene rings is 3. The van der Waals surface area contributed by atoms with Crippen LogP contribution in [0.4, 0.5) is 10.5 Å². The van der Waals surface area contributed by atoms with Crippen LogP contribution in [-0.4, -0.2) is 43.3 Å². The number of ether oxygens (including phenoxy) is 1. The minimum absolute atomic E-state index is 0.0410. The Hall–Kier alpha value is -3.15. The Bertz CT molecular complexity index is 1010. The van der Waals surface area contributed by atoms with Gasteiger partial charge in [0, 0.05) is 25.2 Å².